The van der Waals surface area contributed by atoms with Gasteiger partial charge in [-0.1, -0.05) is 0 Å². The first-order valence-corrected chi connectivity index (χ1v) is 5.98. The highest BCUT2D eigenvalue weighted by Gasteiger charge is 2.29. The topological polar surface area (TPSA) is 63.4 Å². The van der Waals surface area contributed by atoms with Crippen LogP contribution in [0.3, 0.4) is 0 Å². The molecule has 0 aromatic carbocycles. The van der Waals surface area contributed by atoms with Gasteiger partial charge >= 0.3 is 0 Å². The second-order valence-corrected chi connectivity index (χ2v) is 5.55. The Kier molecular flexibility index (Phi) is 3.09. The lowest BCUT2D eigenvalue weighted by molar-refractivity contribution is 0.269. The van der Waals surface area contributed by atoms with Crippen LogP contribution in [0, 0.1) is 0 Å². The Hall–Kier alpha value is -0.130. The monoisotopic (exact) mass is 192 g/mol. The van der Waals surface area contributed by atoms with Gasteiger partial charge in [-0.3, -0.25) is 0 Å². The Balaban J connectivity index is 2.46. The van der Waals surface area contributed by atoms with Crippen LogP contribution in [0.5, 0.6) is 0 Å². The lowest BCUT2D eigenvalue weighted by Crippen LogP contribution is -2.36. The van der Waals surface area contributed by atoms with E-state index in [1.807, 2.05) is 11.9 Å². The molecule has 1 atom stereocenters. The maximum Gasteiger partial charge on any atom is 0.151 e. The Labute approximate surface area is 73.6 Å². The molecular formula is C7H16N2O2S. The lowest BCUT2D eigenvalue weighted by atomic mass is 10.2. The molecule has 1 unspecified atom stereocenters. The van der Waals surface area contributed by atoms with E-state index in [4.69, 9.17) is 5.73 Å². The Bertz CT molecular complexity index is 238. The van der Waals surface area contributed by atoms with E-state index in [0.29, 0.717) is 18.1 Å². The van der Waals surface area contributed by atoms with Gasteiger partial charge in [0.25, 0.3) is 0 Å². The summed E-state index contributed by atoms with van der Waals surface area (Å²) in [4.78, 5) is 2.03. The van der Waals surface area contributed by atoms with Gasteiger partial charge in [-0.15, -0.1) is 0 Å². The Morgan fingerprint density at radius 1 is 1.58 bits per heavy atom. The molecular weight excluding hydrogens is 176 g/mol. The van der Waals surface area contributed by atoms with Crippen LogP contribution in [-0.2, 0) is 9.84 Å². The van der Waals surface area contributed by atoms with Gasteiger partial charge in [-0.05, 0) is 13.5 Å². The smallest absolute Gasteiger partial charge is 0.151 e. The highest BCUT2D eigenvalue weighted by molar-refractivity contribution is 7.91. The van der Waals surface area contributed by atoms with Crippen molar-refractivity contribution in [3.8, 4) is 0 Å². The van der Waals surface area contributed by atoms with Crippen LogP contribution >= 0.6 is 0 Å². The van der Waals surface area contributed by atoms with E-state index in [-0.39, 0.29) is 6.04 Å². The van der Waals surface area contributed by atoms with Crippen LogP contribution in [0.15, 0.2) is 0 Å². The molecule has 1 rings (SSSR count). The first kappa shape index (κ1) is 9.95. The van der Waals surface area contributed by atoms with Crippen LogP contribution in [0.2, 0.25) is 0 Å². The van der Waals surface area contributed by atoms with E-state index >= 15 is 0 Å². The zero-order valence-corrected chi connectivity index (χ0v) is 8.18. The van der Waals surface area contributed by atoms with Gasteiger partial charge in [-0.25, -0.2) is 8.42 Å². The molecule has 0 amide bonds. The van der Waals surface area contributed by atoms with E-state index in [2.05, 4.69) is 0 Å². The minimum atomic E-state index is -2.74. The highest BCUT2D eigenvalue weighted by Crippen LogP contribution is 2.15. The molecule has 12 heavy (non-hydrogen) atoms. The van der Waals surface area contributed by atoms with Crippen molar-refractivity contribution < 1.29 is 8.42 Å². The quantitative estimate of drug-likeness (QED) is 0.627. The molecule has 4 nitrogen and oxygen atoms in total. The van der Waals surface area contributed by atoms with Gasteiger partial charge in [0.1, 0.15) is 0 Å². The summed E-state index contributed by atoms with van der Waals surface area (Å²) in [7, 11) is -0.812. The second kappa shape index (κ2) is 3.72. The minimum Gasteiger partial charge on any atom is -0.329 e. The summed E-state index contributed by atoms with van der Waals surface area (Å²) in [6.45, 7) is 1.37. The molecule has 0 aromatic rings. The van der Waals surface area contributed by atoms with Gasteiger partial charge in [0.05, 0.1) is 11.5 Å². The summed E-state index contributed by atoms with van der Waals surface area (Å²) >= 11 is 0. The molecule has 1 aliphatic rings. The predicted molar refractivity (Wildman–Crippen MR) is 48.7 cm³/mol. The average molecular weight is 192 g/mol. The van der Waals surface area contributed by atoms with Crippen LogP contribution in [-0.4, -0.2) is 51.0 Å². The van der Waals surface area contributed by atoms with Crippen molar-refractivity contribution in [3.05, 3.63) is 0 Å². The molecule has 0 aliphatic carbocycles. The molecule has 1 fully saturated rings. The molecule has 0 saturated carbocycles. The van der Waals surface area contributed by atoms with Crippen molar-refractivity contribution in [3.63, 3.8) is 0 Å². The highest BCUT2D eigenvalue weighted by atomic mass is 32.2. The van der Waals surface area contributed by atoms with Crippen LogP contribution in [0.4, 0.5) is 0 Å². The molecule has 1 saturated heterocycles. The molecule has 5 heteroatoms. The number of likely N-dealkylation sites (N-methyl/N-ethyl adjacent to an activating group) is 1. The first-order valence-electron chi connectivity index (χ1n) is 4.16. The third kappa shape index (κ3) is 2.43. The van der Waals surface area contributed by atoms with E-state index in [1.54, 1.807) is 0 Å². The third-order valence-electron chi connectivity index (χ3n) is 2.31. The second-order valence-electron chi connectivity index (χ2n) is 3.33. The van der Waals surface area contributed by atoms with E-state index in [1.165, 1.54) is 0 Å². The van der Waals surface area contributed by atoms with Gasteiger partial charge in [0.2, 0.25) is 0 Å². The molecule has 72 valence electrons. The van der Waals surface area contributed by atoms with Gasteiger partial charge in [0, 0.05) is 19.1 Å². The maximum absolute atomic E-state index is 11.1. The molecule has 1 heterocycles. The predicted octanol–water partition coefficient (Wildman–Crippen LogP) is -0.936. The fraction of sp³-hybridized carbons (Fsp3) is 1.00. The zero-order valence-electron chi connectivity index (χ0n) is 7.36. The number of nitrogens with zero attached hydrogens (tertiary/aromatic N) is 1. The van der Waals surface area contributed by atoms with Crippen molar-refractivity contribution in [2.45, 2.75) is 12.5 Å². The number of nitrogens with two attached hydrogens (primary N) is 1. The summed E-state index contributed by atoms with van der Waals surface area (Å²) in [5, 5.41) is 0. The molecule has 0 spiro atoms. The van der Waals surface area contributed by atoms with Crippen molar-refractivity contribution in [2.24, 2.45) is 5.73 Å². The van der Waals surface area contributed by atoms with E-state index < -0.39 is 9.84 Å². The van der Waals surface area contributed by atoms with Crippen molar-refractivity contribution >= 4 is 9.84 Å². The standard InChI is InChI=1S/C7H16N2O2S/c1-9(4-3-8)7-2-5-12(10,11)6-7/h7H,2-6,8H2,1H3. The van der Waals surface area contributed by atoms with Crippen LogP contribution in [0.1, 0.15) is 6.42 Å². The fourth-order valence-electron chi connectivity index (χ4n) is 1.51. The van der Waals surface area contributed by atoms with Gasteiger partial charge in [-0.2, -0.15) is 0 Å². The molecule has 0 aromatic heterocycles. The summed E-state index contributed by atoms with van der Waals surface area (Å²) < 4.78 is 22.2. The largest absolute Gasteiger partial charge is 0.329 e. The van der Waals surface area contributed by atoms with Crippen molar-refractivity contribution in [1.82, 2.24) is 4.90 Å². The molecule has 2 N–H and O–H groups in total. The summed E-state index contributed by atoms with van der Waals surface area (Å²) in [5.74, 6) is 0.649. The number of hydrogen-bond donors (Lipinski definition) is 1. The van der Waals surface area contributed by atoms with Crippen LogP contribution < -0.4 is 5.73 Å². The maximum atomic E-state index is 11.1. The van der Waals surface area contributed by atoms with Gasteiger partial charge in [0.15, 0.2) is 9.84 Å². The SMILES string of the molecule is CN(CCN)C1CCS(=O)(=O)C1. The Morgan fingerprint density at radius 3 is 2.67 bits per heavy atom. The molecule has 1 aliphatic heterocycles. The first-order chi connectivity index (χ1) is 5.55. The number of hydrogen-bond acceptors (Lipinski definition) is 4. The summed E-state index contributed by atoms with van der Waals surface area (Å²) in [6.07, 6.45) is 0.763. The van der Waals surface area contributed by atoms with Gasteiger partial charge < -0.3 is 10.6 Å². The lowest BCUT2D eigenvalue weighted by Gasteiger charge is -2.21. The Morgan fingerprint density at radius 2 is 2.25 bits per heavy atom. The van der Waals surface area contributed by atoms with E-state index in [9.17, 15) is 8.42 Å². The third-order valence-corrected chi connectivity index (χ3v) is 4.06. The number of rotatable bonds is 3. The van der Waals surface area contributed by atoms with Crippen molar-refractivity contribution in [1.29, 1.82) is 0 Å². The summed E-state index contributed by atoms with van der Waals surface area (Å²) in [6, 6.07) is 0.193. The fourth-order valence-corrected chi connectivity index (χ4v) is 3.31. The minimum absolute atomic E-state index is 0.193. The zero-order chi connectivity index (χ0) is 9.19. The van der Waals surface area contributed by atoms with Crippen molar-refractivity contribution in [2.75, 3.05) is 31.6 Å². The number of sulfone groups is 1. The normalized spacial score (nSPS) is 28.1. The summed E-state index contributed by atoms with van der Waals surface area (Å²) in [5.41, 5.74) is 5.37. The molecule has 0 bridgehead atoms. The van der Waals surface area contributed by atoms with E-state index in [0.717, 1.165) is 13.0 Å². The average Bonchev–Trinajstić information content (AvgIpc) is 2.31. The van der Waals surface area contributed by atoms with Crippen LogP contribution in [0.25, 0.3) is 0 Å². The molecule has 0 radical (unpaired) electrons.